The van der Waals surface area contributed by atoms with Gasteiger partial charge in [-0.25, -0.2) is 19.2 Å². The second-order valence-electron chi connectivity index (χ2n) is 10.6. The van der Waals surface area contributed by atoms with Gasteiger partial charge in [0.05, 0.1) is 11.1 Å². The van der Waals surface area contributed by atoms with Crippen LogP contribution in [0.4, 0.5) is 123 Å². The summed E-state index contributed by atoms with van der Waals surface area (Å²) < 4.78 is 376. The summed E-state index contributed by atoms with van der Waals surface area (Å²) in [5.41, 5.74) is -6.26. The van der Waals surface area contributed by atoms with Crippen LogP contribution in [-0.2, 0) is 38.1 Å². The molecule has 0 aliphatic rings. The van der Waals surface area contributed by atoms with Crippen LogP contribution in [0.25, 0.3) is 0 Å². The Morgan fingerprint density at radius 2 is 0.467 bits per heavy atom. The highest BCUT2D eigenvalue weighted by Crippen LogP contribution is 2.50. The van der Waals surface area contributed by atoms with E-state index in [1.54, 1.807) is 0 Å². The molecule has 0 N–H and O–H groups in total. The number of carbonyl (C=O) groups excluding carboxylic acids is 4. The quantitative estimate of drug-likeness (QED) is 0.0472. The van der Waals surface area contributed by atoms with E-state index in [4.69, 9.17) is 0 Å². The molecular formula is C24H10F28O8. The first-order valence-electron chi connectivity index (χ1n) is 13.4. The van der Waals surface area contributed by atoms with Gasteiger partial charge in [0.2, 0.25) is 0 Å². The predicted molar refractivity (Wildman–Crippen MR) is 124 cm³/mol. The Morgan fingerprint density at radius 1 is 0.300 bits per heavy atom. The number of hydrogen-bond donors (Lipinski definition) is 0. The Hall–Kier alpha value is -4.60. The van der Waals surface area contributed by atoms with Crippen LogP contribution in [0.15, 0.2) is 23.3 Å². The van der Waals surface area contributed by atoms with E-state index in [1.807, 2.05) is 0 Å². The molecule has 0 rings (SSSR count). The van der Waals surface area contributed by atoms with Crippen molar-refractivity contribution < 1.29 is 161 Å². The van der Waals surface area contributed by atoms with Crippen LogP contribution in [0.3, 0.4) is 0 Å². The molecule has 0 fully saturated rings. The minimum atomic E-state index is -7.36. The molecule has 0 spiro atoms. The van der Waals surface area contributed by atoms with Gasteiger partial charge >= 0.3 is 96.0 Å². The fraction of sp³-hybridized carbons (Fsp3) is 0.667. The average molecular weight is 958 g/mol. The van der Waals surface area contributed by atoms with E-state index in [1.165, 1.54) is 0 Å². The number of halogens is 28. The summed E-state index contributed by atoms with van der Waals surface area (Å²) in [7, 11) is 0. The van der Waals surface area contributed by atoms with E-state index in [0.29, 0.717) is 0 Å². The molecule has 0 unspecified atom stereocenters. The third-order valence-corrected chi connectivity index (χ3v) is 6.08. The van der Waals surface area contributed by atoms with Crippen molar-refractivity contribution in [3.05, 3.63) is 23.3 Å². The van der Waals surface area contributed by atoms with Crippen LogP contribution in [0, 0.1) is 0 Å². The SMILES string of the molecule is O=C(C=C(C(=O)OCC(F)(F)C(F)(F)C(F)(F)F)C(=CC(=O)OCC(F)(F)C(F)(F)C(F)(F)F)C(=O)OCC(F)(F)C(F)(F)C(F)(F)F)OCC(F)(F)C(F)(F)C(F)(F)F. The second-order valence-corrected chi connectivity index (χ2v) is 10.6. The van der Waals surface area contributed by atoms with Gasteiger partial charge < -0.3 is 18.9 Å². The van der Waals surface area contributed by atoms with Gasteiger partial charge in [-0.3, -0.25) is 0 Å². The molecular weight excluding hydrogens is 948 g/mol. The molecule has 0 radical (unpaired) electrons. The Bertz CT molecular complexity index is 1530. The first kappa shape index (κ1) is 55.4. The number of carbonyl (C=O) groups is 4. The highest BCUT2D eigenvalue weighted by Gasteiger charge is 2.76. The van der Waals surface area contributed by atoms with Crippen LogP contribution < -0.4 is 0 Å². The molecule has 0 saturated heterocycles. The number of esters is 4. The molecule has 0 aliphatic carbocycles. The first-order chi connectivity index (χ1) is 26.0. The largest absolute Gasteiger partial charge is 0.460 e. The Morgan fingerprint density at radius 3 is 0.633 bits per heavy atom. The molecule has 0 bridgehead atoms. The van der Waals surface area contributed by atoms with Gasteiger partial charge in [0.15, 0.2) is 26.4 Å². The minimum Gasteiger partial charge on any atom is -0.456 e. The fourth-order valence-corrected chi connectivity index (χ4v) is 2.80. The summed E-state index contributed by atoms with van der Waals surface area (Å²) in [4.78, 5) is 48.9. The van der Waals surface area contributed by atoms with Gasteiger partial charge in [0.1, 0.15) is 0 Å². The van der Waals surface area contributed by atoms with Crippen molar-refractivity contribution in [2.75, 3.05) is 26.4 Å². The Labute approximate surface area is 307 Å². The van der Waals surface area contributed by atoms with Crippen molar-refractivity contribution in [1.82, 2.24) is 0 Å². The molecule has 60 heavy (non-hydrogen) atoms. The zero-order chi connectivity index (χ0) is 48.5. The maximum absolute atomic E-state index is 13.7. The minimum absolute atomic E-state index is 1.49. The molecule has 0 aromatic carbocycles. The van der Waals surface area contributed by atoms with E-state index in [0.717, 1.165) is 0 Å². The van der Waals surface area contributed by atoms with Crippen molar-refractivity contribution in [1.29, 1.82) is 0 Å². The maximum atomic E-state index is 13.7. The molecule has 0 aromatic heterocycles. The summed E-state index contributed by atoms with van der Waals surface area (Å²) in [6.45, 7) is -14.9. The number of alkyl halides is 28. The number of ether oxygens (including phenoxy) is 4. The molecule has 0 heterocycles. The second kappa shape index (κ2) is 17.0. The summed E-state index contributed by atoms with van der Waals surface area (Å²) in [6, 6.07) is 0. The molecule has 0 atom stereocenters. The normalized spacial score (nSPS) is 15.4. The monoisotopic (exact) mass is 958 g/mol. The predicted octanol–water partition coefficient (Wildman–Crippen LogP) is 8.34. The maximum Gasteiger partial charge on any atom is 0.460 e. The van der Waals surface area contributed by atoms with E-state index in [2.05, 4.69) is 18.9 Å². The van der Waals surface area contributed by atoms with Crippen molar-refractivity contribution in [3.63, 3.8) is 0 Å². The third kappa shape index (κ3) is 11.8. The lowest BCUT2D eigenvalue weighted by molar-refractivity contribution is -0.360. The van der Waals surface area contributed by atoms with E-state index >= 15 is 0 Å². The van der Waals surface area contributed by atoms with Crippen molar-refractivity contribution in [3.8, 4) is 0 Å². The molecule has 36 heteroatoms. The average Bonchev–Trinajstić information content (AvgIpc) is 3.03. The zero-order valence-corrected chi connectivity index (χ0v) is 26.8. The van der Waals surface area contributed by atoms with Crippen LogP contribution in [-0.4, -0.2) is 122 Å². The molecule has 8 nitrogen and oxygen atoms in total. The standard InChI is InChI=1S/C24H10F28O8/c25-13(26,17(33,34)21(41,42)43)3-57-9(53)1-7(11(55)59-5-15(29,30)19(37,38)23(47,48)49)8(12(56)60-6-16(31,32)20(39,40)24(50,51)52)2-10(54)58-4-14(27,28)18(35,36)22(44,45)46/h1-2H,3-6H2. The summed E-state index contributed by atoms with van der Waals surface area (Å²) >= 11 is 0. The molecule has 0 aromatic rings. The summed E-state index contributed by atoms with van der Waals surface area (Å²) in [6.07, 6.45) is -32.2. The highest BCUT2D eigenvalue weighted by atomic mass is 19.5. The van der Waals surface area contributed by atoms with Crippen molar-refractivity contribution in [2.24, 2.45) is 0 Å². The van der Waals surface area contributed by atoms with E-state index < -0.39 is 146 Å². The lowest BCUT2D eigenvalue weighted by atomic mass is 10.0. The summed E-state index contributed by atoms with van der Waals surface area (Å²) in [5.74, 6) is -70.1. The topological polar surface area (TPSA) is 105 Å². The number of rotatable bonds is 17. The van der Waals surface area contributed by atoms with Crippen LogP contribution in [0.1, 0.15) is 0 Å². The van der Waals surface area contributed by atoms with Gasteiger partial charge in [-0.2, -0.15) is 123 Å². The van der Waals surface area contributed by atoms with Crippen molar-refractivity contribution in [2.45, 2.75) is 72.1 Å². The van der Waals surface area contributed by atoms with E-state index in [-0.39, 0.29) is 0 Å². The number of hydrogen-bond acceptors (Lipinski definition) is 8. The first-order valence-corrected chi connectivity index (χ1v) is 13.4. The zero-order valence-electron chi connectivity index (χ0n) is 26.8. The van der Waals surface area contributed by atoms with Gasteiger partial charge in [0.25, 0.3) is 0 Å². The van der Waals surface area contributed by atoms with E-state index in [9.17, 15) is 142 Å². The van der Waals surface area contributed by atoms with Gasteiger partial charge in [0, 0.05) is 12.2 Å². The lowest BCUT2D eigenvalue weighted by Gasteiger charge is -2.28. The van der Waals surface area contributed by atoms with Gasteiger partial charge in [-0.05, 0) is 0 Å². The smallest absolute Gasteiger partial charge is 0.456 e. The van der Waals surface area contributed by atoms with Crippen LogP contribution >= 0.6 is 0 Å². The third-order valence-electron chi connectivity index (χ3n) is 6.08. The fourth-order valence-electron chi connectivity index (χ4n) is 2.80. The Kier molecular flexibility index (Phi) is 15.7. The summed E-state index contributed by atoms with van der Waals surface area (Å²) in [5, 5.41) is 0. The van der Waals surface area contributed by atoms with Gasteiger partial charge in [-0.1, -0.05) is 0 Å². The van der Waals surface area contributed by atoms with Gasteiger partial charge in [-0.15, -0.1) is 0 Å². The van der Waals surface area contributed by atoms with Crippen molar-refractivity contribution >= 4 is 23.9 Å². The molecule has 0 amide bonds. The molecule has 0 saturated carbocycles. The van der Waals surface area contributed by atoms with Crippen LogP contribution in [0.5, 0.6) is 0 Å². The lowest BCUT2D eigenvalue weighted by Crippen LogP contribution is -2.54. The van der Waals surface area contributed by atoms with Crippen LogP contribution in [0.2, 0.25) is 0 Å². The Balaban J connectivity index is 7.70. The molecule has 350 valence electrons. The molecule has 0 aliphatic heterocycles. The highest BCUT2D eigenvalue weighted by molar-refractivity contribution is 6.12.